The van der Waals surface area contributed by atoms with Crippen molar-refractivity contribution in [3.05, 3.63) is 100 Å². The smallest absolute Gasteiger partial charge is 0.0409 e. The molecule has 0 aliphatic carbocycles. The highest BCUT2D eigenvalue weighted by Crippen LogP contribution is 2.40. The number of anilines is 1. The van der Waals surface area contributed by atoms with E-state index in [4.69, 9.17) is 11.6 Å². The Hall–Kier alpha value is -2.25. The zero-order valence-corrected chi connectivity index (χ0v) is 12.8. The fourth-order valence-electron chi connectivity index (χ4n) is 3.27. The number of hydrogen-bond acceptors (Lipinski definition) is 1. The number of para-hydroxylation sites is 1. The van der Waals surface area contributed by atoms with Crippen molar-refractivity contribution in [2.75, 3.05) is 5.32 Å². The van der Waals surface area contributed by atoms with Gasteiger partial charge in [0.2, 0.25) is 0 Å². The predicted molar refractivity (Wildman–Crippen MR) is 92.6 cm³/mol. The first-order valence-electron chi connectivity index (χ1n) is 7.49. The topological polar surface area (TPSA) is 12.0 Å². The SMILES string of the molecule is Clc1ccc2c(c1)C(c1ccccc1)c1ccccc1NC2. The Labute approximate surface area is 135 Å². The molecule has 1 aliphatic heterocycles. The third-order valence-corrected chi connectivity index (χ3v) is 4.53. The molecule has 0 radical (unpaired) electrons. The summed E-state index contributed by atoms with van der Waals surface area (Å²) < 4.78 is 0. The molecule has 1 atom stereocenters. The van der Waals surface area contributed by atoms with Crippen LogP contribution in [0.1, 0.15) is 28.2 Å². The van der Waals surface area contributed by atoms with Crippen LogP contribution in [0.15, 0.2) is 72.8 Å². The van der Waals surface area contributed by atoms with Gasteiger partial charge in [-0.2, -0.15) is 0 Å². The lowest BCUT2D eigenvalue weighted by molar-refractivity contribution is 0.972. The van der Waals surface area contributed by atoms with Crippen molar-refractivity contribution >= 4 is 17.3 Å². The number of benzene rings is 3. The van der Waals surface area contributed by atoms with Crippen molar-refractivity contribution in [3.63, 3.8) is 0 Å². The van der Waals surface area contributed by atoms with Gasteiger partial charge >= 0.3 is 0 Å². The molecule has 108 valence electrons. The molecule has 2 heteroatoms. The van der Waals surface area contributed by atoms with Gasteiger partial charge in [0, 0.05) is 23.2 Å². The summed E-state index contributed by atoms with van der Waals surface area (Å²) in [5, 5.41) is 4.35. The molecule has 22 heavy (non-hydrogen) atoms. The highest BCUT2D eigenvalue weighted by Gasteiger charge is 2.24. The van der Waals surface area contributed by atoms with Gasteiger partial charge in [-0.3, -0.25) is 0 Å². The fraction of sp³-hybridized carbons (Fsp3) is 0.100. The molecule has 0 spiro atoms. The van der Waals surface area contributed by atoms with Gasteiger partial charge in [-0.25, -0.2) is 0 Å². The van der Waals surface area contributed by atoms with Gasteiger partial charge in [0.15, 0.2) is 0 Å². The Kier molecular flexibility index (Phi) is 3.36. The van der Waals surface area contributed by atoms with Gasteiger partial charge in [0.05, 0.1) is 0 Å². The molecule has 0 fully saturated rings. The maximum Gasteiger partial charge on any atom is 0.0409 e. The molecule has 1 N–H and O–H groups in total. The number of hydrogen-bond donors (Lipinski definition) is 1. The summed E-state index contributed by atoms with van der Waals surface area (Å²) >= 11 is 6.29. The second-order valence-electron chi connectivity index (χ2n) is 5.63. The van der Waals surface area contributed by atoms with Gasteiger partial charge < -0.3 is 5.32 Å². The number of nitrogens with one attached hydrogen (secondary N) is 1. The average molecular weight is 306 g/mol. The molecule has 3 aromatic rings. The molecular formula is C20H16ClN. The lowest BCUT2D eigenvalue weighted by Crippen LogP contribution is -2.04. The molecule has 4 rings (SSSR count). The highest BCUT2D eigenvalue weighted by molar-refractivity contribution is 6.30. The Bertz CT molecular complexity index is 811. The van der Waals surface area contributed by atoms with Crippen LogP contribution < -0.4 is 5.32 Å². The van der Waals surface area contributed by atoms with Crippen LogP contribution in [-0.2, 0) is 6.54 Å². The monoisotopic (exact) mass is 305 g/mol. The second-order valence-corrected chi connectivity index (χ2v) is 6.06. The van der Waals surface area contributed by atoms with Crippen LogP contribution in [0, 0.1) is 0 Å². The van der Waals surface area contributed by atoms with E-state index in [0.717, 1.165) is 11.6 Å². The van der Waals surface area contributed by atoms with Crippen molar-refractivity contribution in [1.29, 1.82) is 0 Å². The fourth-order valence-corrected chi connectivity index (χ4v) is 3.45. The first kappa shape index (κ1) is 13.4. The highest BCUT2D eigenvalue weighted by atomic mass is 35.5. The zero-order valence-electron chi connectivity index (χ0n) is 12.1. The molecule has 0 amide bonds. The molecule has 1 heterocycles. The van der Waals surface area contributed by atoms with Gasteiger partial charge in [-0.05, 0) is 40.5 Å². The van der Waals surface area contributed by atoms with Crippen molar-refractivity contribution in [3.8, 4) is 0 Å². The lowest BCUT2D eigenvalue weighted by Gasteiger charge is -2.20. The molecule has 1 unspecified atom stereocenters. The minimum Gasteiger partial charge on any atom is -0.381 e. The van der Waals surface area contributed by atoms with Crippen molar-refractivity contribution in [1.82, 2.24) is 0 Å². The molecule has 0 bridgehead atoms. The number of rotatable bonds is 1. The molecule has 0 saturated carbocycles. The van der Waals surface area contributed by atoms with E-state index in [-0.39, 0.29) is 5.92 Å². The standard InChI is InChI=1S/C20H16ClN/c21-16-11-10-15-13-22-19-9-5-4-8-17(19)20(18(15)12-16)14-6-2-1-3-7-14/h1-12,20,22H,13H2. The quantitative estimate of drug-likeness (QED) is 0.630. The van der Waals surface area contributed by atoms with Crippen LogP contribution in [-0.4, -0.2) is 0 Å². The summed E-state index contributed by atoms with van der Waals surface area (Å²) in [5.74, 6) is 0.209. The Morgan fingerprint density at radius 3 is 2.45 bits per heavy atom. The van der Waals surface area contributed by atoms with Crippen LogP contribution in [0.25, 0.3) is 0 Å². The zero-order chi connectivity index (χ0) is 14.9. The minimum atomic E-state index is 0.209. The first-order valence-corrected chi connectivity index (χ1v) is 7.87. The molecular weight excluding hydrogens is 290 g/mol. The van der Waals surface area contributed by atoms with Crippen molar-refractivity contribution in [2.45, 2.75) is 12.5 Å². The van der Waals surface area contributed by atoms with Gasteiger partial charge in [-0.15, -0.1) is 0 Å². The molecule has 0 saturated heterocycles. The third-order valence-electron chi connectivity index (χ3n) is 4.29. The van der Waals surface area contributed by atoms with E-state index >= 15 is 0 Å². The Morgan fingerprint density at radius 2 is 1.59 bits per heavy atom. The average Bonchev–Trinajstić information content (AvgIpc) is 2.72. The summed E-state index contributed by atoms with van der Waals surface area (Å²) in [6.07, 6.45) is 0. The van der Waals surface area contributed by atoms with Gasteiger partial charge in [0.25, 0.3) is 0 Å². The predicted octanol–water partition coefficient (Wildman–Crippen LogP) is 5.45. The van der Waals surface area contributed by atoms with Crippen molar-refractivity contribution < 1.29 is 0 Å². The van der Waals surface area contributed by atoms with Crippen molar-refractivity contribution in [2.24, 2.45) is 0 Å². The van der Waals surface area contributed by atoms with Gasteiger partial charge in [-0.1, -0.05) is 66.2 Å². The Morgan fingerprint density at radius 1 is 0.818 bits per heavy atom. The summed E-state index contributed by atoms with van der Waals surface area (Å²) in [7, 11) is 0. The summed E-state index contributed by atoms with van der Waals surface area (Å²) in [6.45, 7) is 0.826. The second kappa shape index (κ2) is 5.51. The number of fused-ring (bicyclic) bond motifs is 2. The lowest BCUT2D eigenvalue weighted by atomic mass is 9.83. The molecule has 1 aliphatic rings. The van der Waals surface area contributed by atoms with E-state index in [2.05, 4.69) is 72.0 Å². The molecule has 1 nitrogen and oxygen atoms in total. The van der Waals surface area contributed by atoms with E-state index in [1.165, 1.54) is 27.9 Å². The minimum absolute atomic E-state index is 0.209. The van der Waals surface area contributed by atoms with E-state index in [1.807, 2.05) is 6.07 Å². The van der Waals surface area contributed by atoms with E-state index < -0.39 is 0 Å². The third kappa shape index (κ3) is 2.28. The first-order chi connectivity index (χ1) is 10.8. The number of halogens is 1. The van der Waals surface area contributed by atoms with E-state index in [0.29, 0.717) is 0 Å². The summed E-state index contributed by atoms with van der Waals surface area (Å²) in [6, 6.07) is 25.4. The van der Waals surface area contributed by atoms with Crippen LogP contribution in [0.2, 0.25) is 5.02 Å². The maximum atomic E-state index is 6.29. The van der Waals surface area contributed by atoms with Crippen LogP contribution in [0.4, 0.5) is 5.69 Å². The van der Waals surface area contributed by atoms with E-state index in [9.17, 15) is 0 Å². The van der Waals surface area contributed by atoms with Gasteiger partial charge in [0.1, 0.15) is 0 Å². The Balaban J connectivity index is 2.00. The molecule has 0 aromatic heterocycles. The van der Waals surface area contributed by atoms with Crippen LogP contribution in [0.5, 0.6) is 0 Å². The summed E-state index contributed by atoms with van der Waals surface area (Å²) in [4.78, 5) is 0. The summed E-state index contributed by atoms with van der Waals surface area (Å²) in [5.41, 5.74) is 6.38. The molecule has 3 aromatic carbocycles. The van der Waals surface area contributed by atoms with Crippen LogP contribution >= 0.6 is 11.6 Å². The van der Waals surface area contributed by atoms with Crippen LogP contribution in [0.3, 0.4) is 0 Å². The van der Waals surface area contributed by atoms with E-state index in [1.54, 1.807) is 0 Å². The normalized spacial score (nSPS) is 16.1. The largest absolute Gasteiger partial charge is 0.381 e. The maximum absolute atomic E-state index is 6.29.